The van der Waals surface area contributed by atoms with Crippen molar-refractivity contribution in [1.82, 2.24) is 0 Å². The fourth-order valence-electron chi connectivity index (χ4n) is 4.33. The molecule has 0 saturated carbocycles. The average Bonchev–Trinajstić information content (AvgIpc) is 3.10. The van der Waals surface area contributed by atoms with Crippen LogP contribution >= 0.6 is 7.82 Å². The van der Waals surface area contributed by atoms with Gasteiger partial charge < -0.3 is 20.1 Å². The van der Waals surface area contributed by atoms with Crippen LogP contribution in [0.15, 0.2) is 97.2 Å². The van der Waals surface area contributed by atoms with Crippen molar-refractivity contribution in [2.45, 2.75) is 123 Å². The van der Waals surface area contributed by atoms with Gasteiger partial charge in [0.05, 0.1) is 19.8 Å². The maximum atomic E-state index is 12.5. The molecule has 0 aliphatic heterocycles. The lowest BCUT2D eigenvalue weighted by Gasteiger charge is -2.20. The van der Waals surface area contributed by atoms with Crippen molar-refractivity contribution in [1.29, 1.82) is 0 Å². The molecule has 0 rings (SSSR count). The number of hydrogen-bond donors (Lipinski definition) is 2. The fraction of sp³-hybridized carbons (Fsp3) is 0.585. The van der Waals surface area contributed by atoms with Gasteiger partial charge in [0.15, 0.2) is 0 Å². The van der Waals surface area contributed by atoms with Gasteiger partial charge >= 0.3 is 13.8 Å². The molecule has 0 aromatic rings. The predicted molar refractivity (Wildman–Crippen MR) is 210 cm³/mol. The molecule has 0 aromatic carbocycles. The highest BCUT2D eigenvalue weighted by Crippen LogP contribution is 2.43. The van der Waals surface area contributed by atoms with Crippen molar-refractivity contribution in [3.8, 4) is 0 Å². The third kappa shape index (κ3) is 36.7. The largest absolute Gasteiger partial charge is 0.472 e. The van der Waals surface area contributed by atoms with Gasteiger partial charge in [-0.1, -0.05) is 117 Å². The second-order valence-electron chi connectivity index (χ2n) is 11.7. The summed E-state index contributed by atoms with van der Waals surface area (Å²) in [6.45, 7) is 4.50. The lowest BCUT2D eigenvalue weighted by atomic mass is 10.2. The van der Waals surface area contributed by atoms with Gasteiger partial charge in [0.2, 0.25) is 0 Å². The van der Waals surface area contributed by atoms with Crippen LogP contribution in [0.3, 0.4) is 0 Å². The molecule has 8 nitrogen and oxygen atoms in total. The summed E-state index contributed by atoms with van der Waals surface area (Å²) in [6.07, 6.45) is 48.6. The molecule has 3 N–H and O–H groups in total. The smallest absolute Gasteiger partial charge is 0.457 e. The average molecular weight is 718 g/mol. The maximum absolute atomic E-state index is 12.5. The number of carbonyl (C=O) groups excluding carboxylic acids is 1. The van der Waals surface area contributed by atoms with Crippen LogP contribution in [-0.2, 0) is 27.9 Å². The molecule has 0 aliphatic rings. The highest BCUT2D eigenvalue weighted by Gasteiger charge is 2.25. The van der Waals surface area contributed by atoms with Gasteiger partial charge in [-0.3, -0.25) is 13.8 Å². The van der Waals surface area contributed by atoms with Gasteiger partial charge in [0.25, 0.3) is 0 Å². The van der Waals surface area contributed by atoms with E-state index < -0.39 is 13.9 Å². The number of esters is 1. The van der Waals surface area contributed by atoms with Crippen LogP contribution in [0.5, 0.6) is 0 Å². The number of carbonyl (C=O) groups is 1. The molecule has 284 valence electrons. The molecule has 0 heterocycles. The zero-order chi connectivity index (χ0) is 36.6. The molecule has 2 unspecified atom stereocenters. The first kappa shape index (κ1) is 47.4. The molecule has 0 amide bonds. The summed E-state index contributed by atoms with van der Waals surface area (Å²) in [7, 11) is -4.30. The number of allylic oxidation sites excluding steroid dienone is 16. The molecule has 0 aromatic heterocycles. The summed E-state index contributed by atoms with van der Waals surface area (Å²) < 4.78 is 33.2. The lowest BCUT2D eigenvalue weighted by Crippen LogP contribution is -2.28. The van der Waals surface area contributed by atoms with Crippen molar-refractivity contribution >= 4 is 13.8 Å². The Morgan fingerprint density at radius 3 is 1.54 bits per heavy atom. The molecule has 50 heavy (non-hydrogen) atoms. The van der Waals surface area contributed by atoms with Crippen molar-refractivity contribution in [3.05, 3.63) is 97.2 Å². The van der Waals surface area contributed by atoms with E-state index in [2.05, 4.69) is 111 Å². The summed E-state index contributed by atoms with van der Waals surface area (Å²) in [5.41, 5.74) is 5.35. The van der Waals surface area contributed by atoms with E-state index in [0.29, 0.717) is 13.0 Å². The number of unbranched alkanes of at least 4 members (excludes halogenated alkanes) is 5. The minimum Gasteiger partial charge on any atom is -0.457 e. The number of phosphoric ester groups is 1. The van der Waals surface area contributed by atoms with Gasteiger partial charge in [-0.25, -0.2) is 4.57 Å². The molecule has 0 saturated heterocycles. The van der Waals surface area contributed by atoms with Gasteiger partial charge in [-0.15, -0.1) is 0 Å². The van der Waals surface area contributed by atoms with E-state index in [9.17, 15) is 14.3 Å². The number of nitrogens with two attached hydrogens (primary N) is 1. The number of phosphoric acid groups is 1. The third-order valence-electron chi connectivity index (χ3n) is 7.00. The van der Waals surface area contributed by atoms with Crippen molar-refractivity contribution in [3.63, 3.8) is 0 Å². The summed E-state index contributed by atoms with van der Waals surface area (Å²) in [5.74, 6) is -0.388. The predicted octanol–water partition coefficient (Wildman–Crippen LogP) is 10.7. The van der Waals surface area contributed by atoms with Crippen LogP contribution in [0, 0.1) is 0 Å². The van der Waals surface area contributed by atoms with Crippen LogP contribution in [0.1, 0.15) is 117 Å². The molecule has 0 radical (unpaired) electrons. The first-order valence-electron chi connectivity index (χ1n) is 18.7. The normalized spacial score (nSPS) is 14.7. The topological polar surface area (TPSA) is 117 Å². The summed E-state index contributed by atoms with van der Waals surface area (Å²) in [5, 5.41) is 0. The maximum Gasteiger partial charge on any atom is 0.472 e. The Morgan fingerprint density at radius 1 is 0.600 bits per heavy atom. The fourth-order valence-corrected chi connectivity index (χ4v) is 5.09. The Labute approximate surface area is 304 Å². The monoisotopic (exact) mass is 717 g/mol. The third-order valence-corrected chi connectivity index (χ3v) is 7.98. The first-order valence-corrected chi connectivity index (χ1v) is 20.2. The summed E-state index contributed by atoms with van der Waals surface area (Å²) >= 11 is 0. The van der Waals surface area contributed by atoms with Crippen LogP contribution in [0.2, 0.25) is 0 Å². The molecular weight excluding hydrogens is 649 g/mol. The molecule has 0 bridgehead atoms. The van der Waals surface area contributed by atoms with Crippen LogP contribution in [0.25, 0.3) is 0 Å². The Bertz CT molecular complexity index is 1070. The highest BCUT2D eigenvalue weighted by molar-refractivity contribution is 7.47. The van der Waals surface area contributed by atoms with Gasteiger partial charge in [-0.2, -0.15) is 0 Å². The van der Waals surface area contributed by atoms with E-state index in [4.69, 9.17) is 24.3 Å². The number of rotatable bonds is 34. The van der Waals surface area contributed by atoms with E-state index in [0.717, 1.165) is 89.9 Å². The Hall–Kier alpha value is -2.58. The van der Waals surface area contributed by atoms with Crippen LogP contribution in [-0.4, -0.2) is 49.9 Å². The van der Waals surface area contributed by atoms with Crippen molar-refractivity contribution in [2.75, 3.05) is 33.0 Å². The minimum atomic E-state index is -4.30. The van der Waals surface area contributed by atoms with Crippen molar-refractivity contribution < 1.29 is 32.8 Å². The molecule has 9 heteroatoms. The summed E-state index contributed by atoms with van der Waals surface area (Å²) in [4.78, 5) is 22.4. The highest BCUT2D eigenvalue weighted by atomic mass is 31.2. The zero-order valence-electron chi connectivity index (χ0n) is 31.1. The molecule has 0 fully saturated rings. The van der Waals surface area contributed by atoms with Gasteiger partial charge in [-0.05, 0) is 89.9 Å². The van der Waals surface area contributed by atoms with E-state index in [1.807, 2.05) is 0 Å². The SMILES string of the molecule is CC/C=C\C/C=C\C/C=C\C/C=C\CCCCCOCC(COP(=O)(O)OCCN)OC(=O)CCCC/C=C\C/C=C\C/C=C\C/C=C\CC. The van der Waals surface area contributed by atoms with Crippen LogP contribution < -0.4 is 5.73 Å². The molecule has 0 spiro atoms. The van der Waals surface area contributed by atoms with E-state index in [1.54, 1.807) is 0 Å². The van der Waals surface area contributed by atoms with Gasteiger partial charge in [0.1, 0.15) is 6.10 Å². The first-order chi connectivity index (χ1) is 24.4. The molecule has 0 aliphatic carbocycles. The van der Waals surface area contributed by atoms with Gasteiger partial charge in [0, 0.05) is 19.6 Å². The zero-order valence-corrected chi connectivity index (χ0v) is 32.0. The van der Waals surface area contributed by atoms with Crippen LogP contribution in [0.4, 0.5) is 0 Å². The molecular formula is C41H68NO7P. The Kier molecular flexibility index (Phi) is 35.7. The van der Waals surface area contributed by atoms with E-state index in [-0.39, 0.29) is 38.8 Å². The Morgan fingerprint density at radius 2 is 1.06 bits per heavy atom. The van der Waals surface area contributed by atoms with Crippen molar-refractivity contribution in [2.24, 2.45) is 5.73 Å². The lowest BCUT2D eigenvalue weighted by molar-refractivity contribution is -0.154. The van der Waals surface area contributed by atoms with E-state index >= 15 is 0 Å². The quantitative estimate of drug-likeness (QED) is 0.0292. The van der Waals surface area contributed by atoms with E-state index in [1.165, 1.54) is 0 Å². The number of hydrogen-bond acceptors (Lipinski definition) is 7. The molecule has 2 atom stereocenters. The summed E-state index contributed by atoms with van der Waals surface area (Å²) in [6, 6.07) is 0. The standard InChI is InChI=1S/C41H68NO7P/c1-3-5-7-9-11-13-15-17-19-21-23-25-27-29-31-33-36-46-38-40(39-48-50(44,45)47-37-35-42)49-41(43)34-32-30-28-26-24-22-20-18-16-14-12-10-8-6-4-2/h5-8,11-14,17-20,23-26,40H,3-4,9-10,15-16,21-22,27-39,42H2,1-2H3,(H,44,45)/b7-5-,8-6-,13-11-,14-12-,19-17-,20-18-,25-23-,26-24-. The second kappa shape index (κ2) is 37.7. The Balaban J connectivity index is 4.27. The number of ether oxygens (including phenoxy) is 2. The minimum absolute atomic E-state index is 0.0709. The second-order valence-corrected chi connectivity index (χ2v) is 13.1.